The van der Waals surface area contributed by atoms with E-state index >= 15 is 0 Å². The van der Waals surface area contributed by atoms with E-state index in [-0.39, 0.29) is 30.1 Å². The monoisotopic (exact) mass is 422 g/mol. The summed E-state index contributed by atoms with van der Waals surface area (Å²) in [6, 6.07) is 10.5. The van der Waals surface area contributed by atoms with Crippen molar-refractivity contribution in [1.29, 1.82) is 0 Å². The second kappa shape index (κ2) is 7.98. The highest BCUT2D eigenvalue weighted by atomic mass is 19.1. The van der Waals surface area contributed by atoms with E-state index in [0.717, 1.165) is 12.8 Å². The lowest BCUT2D eigenvalue weighted by Crippen LogP contribution is -2.41. The van der Waals surface area contributed by atoms with E-state index in [0.29, 0.717) is 41.3 Å². The average Bonchev–Trinajstić information content (AvgIpc) is 3.05. The number of amides is 1. The van der Waals surface area contributed by atoms with Crippen LogP contribution in [-0.2, 0) is 11.2 Å². The number of halogens is 1. The largest absolute Gasteiger partial charge is 0.444 e. The van der Waals surface area contributed by atoms with Gasteiger partial charge in [-0.15, -0.1) is 0 Å². The number of nitrogens with zero attached hydrogens (tertiary/aromatic N) is 4. The molecule has 1 aromatic carbocycles. The summed E-state index contributed by atoms with van der Waals surface area (Å²) in [6.07, 6.45) is 3.20. The third-order valence-electron chi connectivity index (χ3n) is 5.87. The molecule has 2 aromatic heterocycles. The number of carbonyl (C=O) groups is 1. The Hall–Kier alpha value is -3.49. The molecular weight excluding hydrogens is 399 g/mol. The number of ether oxygens (including phenoxy) is 1. The number of likely N-dealkylation sites (N-methyl/N-ethyl adjacent to an activating group) is 1. The summed E-state index contributed by atoms with van der Waals surface area (Å²) in [7, 11) is 1.89. The summed E-state index contributed by atoms with van der Waals surface area (Å²) in [5.41, 5.74) is 2.03. The molecule has 31 heavy (non-hydrogen) atoms. The zero-order chi connectivity index (χ0) is 21.4. The van der Waals surface area contributed by atoms with Gasteiger partial charge in [0.05, 0.1) is 11.6 Å². The molecule has 2 fully saturated rings. The van der Waals surface area contributed by atoms with Gasteiger partial charge in [-0.1, -0.05) is 18.2 Å². The first-order valence-corrected chi connectivity index (χ1v) is 10.4. The minimum absolute atomic E-state index is 0.0550. The zero-order valence-electron chi connectivity index (χ0n) is 17.1. The van der Waals surface area contributed by atoms with Crippen molar-refractivity contribution in [2.24, 2.45) is 0 Å². The molecule has 1 amide bonds. The highest BCUT2D eigenvalue weighted by Gasteiger charge is 2.42. The lowest BCUT2D eigenvalue weighted by molar-refractivity contribution is 0.0796. The molecular formula is C22H23FN6O2. The van der Waals surface area contributed by atoms with Gasteiger partial charge in [0.15, 0.2) is 5.82 Å². The Labute approximate surface area is 178 Å². The number of hydrogen-bond donors (Lipinski definition) is 2. The zero-order valence-corrected chi connectivity index (χ0v) is 17.1. The van der Waals surface area contributed by atoms with Gasteiger partial charge in [0.25, 0.3) is 0 Å². The fourth-order valence-electron chi connectivity index (χ4n) is 4.23. The SMILES string of the molecule is CN(CCc1ccccc1F)c1nc(N[C@@H]2C[C@@H]3C[C@H]2OC(=O)N3)c2ncccc2n1. The Kier molecular flexibility index (Phi) is 5.01. The van der Waals surface area contributed by atoms with Crippen molar-refractivity contribution in [1.82, 2.24) is 20.3 Å². The number of hydrogen-bond acceptors (Lipinski definition) is 7. The Balaban J connectivity index is 1.39. The number of rotatable bonds is 6. The van der Waals surface area contributed by atoms with E-state index in [1.807, 2.05) is 30.1 Å². The van der Waals surface area contributed by atoms with Gasteiger partial charge in [-0.25, -0.2) is 14.2 Å². The molecule has 1 saturated heterocycles. The molecule has 0 radical (unpaired) electrons. The Morgan fingerprint density at radius 2 is 2.10 bits per heavy atom. The smallest absolute Gasteiger partial charge is 0.407 e. The third kappa shape index (κ3) is 3.95. The maximum absolute atomic E-state index is 14.0. The topological polar surface area (TPSA) is 92.3 Å². The first kappa shape index (κ1) is 19.5. The standard InChI is InChI=1S/C22H23FN6O2/c1-29(10-8-13-5-2-3-6-15(13)23)21-27-16-7-4-9-24-19(16)20(28-21)26-17-11-14-12-18(17)31-22(30)25-14/h2-7,9,14,17-18H,8,10-12H2,1H3,(H,25,30)(H,26,27,28)/t14-,17-,18-/m1/s1. The number of nitrogens with one attached hydrogen (secondary N) is 2. The number of aromatic nitrogens is 3. The van der Waals surface area contributed by atoms with Crippen LogP contribution in [0.15, 0.2) is 42.6 Å². The predicted molar refractivity (Wildman–Crippen MR) is 115 cm³/mol. The van der Waals surface area contributed by atoms with E-state index in [4.69, 9.17) is 9.72 Å². The highest BCUT2D eigenvalue weighted by Crippen LogP contribution is 2.31. The molecule has 3 heterocycles. The van der Waals surface area contributed by atoms with Crippen molar-refractivity contribution >= 4 is 28.9 Å². The molecule has 2 bridgehead atoms. The Bertz CT molecular complexity index is 1130. The van der Waals surface area contributed by atoms with E-state index in [1.165, 1.54) is 6.07 Å². The summed E-state index contributed by atoms with van der Waals surface area (Å²) in [4.78, 5) is 27.4. The lowest BCUT2D eigenvalue weighted by Gasteiger charge is -2.24. The van der Waals surface area contributed by atoms with Crippen molar-refractivity contribution in [3.05, 3.63) is 54.0 Å². The van der Waals surface area contributed by atoms with Crippen LogP contribution in [0.5, 0.6) is 0 Å². The first-order chi connectivity index (χ1) is 15.1. The first-order valence-electron chi connectivity index (χ1n) is 10.4. The molecule has 1 aliphatic carbocycles. The van der Waals surface area contributed by atoms with Crippen LogP contribution in [0, 0.1) is 5.82 Å². The molecule has 9 heteroatoms. The van der Waals surface area contributed by atoms with E-state index in [9.17, 15) is 9.18 Å². The maximum Gasteiger partial charge on any atom is 0.407 e. The molecule has 3 atom stereocenters. The van der Waals surface area contributed by atoms with Gasteiger partial charge in [-0.2, -0.15) is 4.98 Å². The van der Waals surface area contributed by atoms with Crippen LogP contribution >= 0.6 is 0 Å². The minimum atomic E-state index is -0.371. The van der Waals surface area contributed by atoms with Crippen LogP contribution in [-0.4, -0.2) is 52.8 Å². The van der Waals surface area contributed by atoms with E-state index in [1.54, 1.807) is 18.3 Å². The molecule has 1 aliphatic heterocycles. The van der Waals surface area contributed by atoms with Gasteiger partial charge in [-0.05, 0) is 36.6 Å². The van der Waals surface area contributed by atoms with Crippen LogP contribution in [0.3, 0.4) is 0 Å². The van der Waals surface area contributed by atoms with Gasteiger partial charge in [0.2, 0.25) is 5.95 Å². The lowest BCUT2D eigenvalue weighted by atomic mass is 10.1. The van der Waals surface area contributed by atoms with Crippen LogP contribution in [0.25, 0.3) is 11.0 Å². The molecule has 2 aliphatic rings. The van der Waals surface area contributed by atoms with Gasteiger partial charge in [0, 0.05) is 32.3 Å². The van der Waals surface area contributed by atoms with Crippen molar-refractivity contribution in [2.45, 2.75) is 37.5 Å². The number of carbonyl (C=O) groups excluding carboxylic acids is 1. The number of anilines is 2. The Morgan fingerprint density at radius 1 is 1.23 bits per heavy atom. The van der Waals surface area contributed by atoms with Crippen LogP contribution in [0.1, 0.15) is 18.4 Å². The fourth-order valence-corrected chi connectivity index (χ4v) is 4.23. The molecule has 5 rings (SSSR count). The normalized spacial score (nSPS) is 22.1. The molecule has 1 saturated carbocycles. The summed E-state index contributed by atoms with van der Waals surface area (Å²) >= 11 is 0. The van der Waals surface area contributed by atoms with E-state index in [2.05, 4.69) is 20.6 Å². The molecule has 0 spiro atoms. The quantitative estimate of drug-likeness (QED) is 0.631. The third-order valence-corrected chi connectivity index (χ3v) is 5.87. The number of fused-ring (bicyclic) bond motifs is 3. The van der Waals surface area contributed by atoms with Gasteiger partial charge in [-0.3, -0.25) is 4.98 Å². The highest BCUT2D eigenvalue weighted by molar-refractivity contribution is 5.86. The summed E-state index contributed by atoms with van der Waals surface area (Å²) in [5.74, 6) is 0.916. The van der Waals surface area contributed by atoms with Gasteiger partial charge in [0.1, 0.15) is 17.4 Å². The van der Waals surface area contributed by atoms with Crippen molar-refractivity contribution in [3.8, 4) is 0 Å². The predicted octanol–water partition coefficient (Wildman–Crippen LogP) is 2.89. The van der Waals surface area contributed by atoms with Crippen molar-refractivity contribution < 1.29 is 13.9 Å². The van der Waals surface area contributed by atoms with Crippen molar-refractivity contribution in [3.63, 3.8) is 0 Å². The van der Waals surface area contributed by atoms with Gasteiger partial charge < -0.3 is 20.3 Å². The van der Waals surface area contributed by atoms with Gasteiger partial charge >= 0.3 is 6.09 Å². The molecule has 160 valence electrons. The van der Waals surface area contributed by atoms with Crippen molar-refractivity contribution in [2.75, 3.05) is 23.8 Å². The molecule has 3 aromatic rings. The van der Waals surface area contributed by atoms with Crippen LogP contribution < -0.4 is 15.5 Å². The number of pyridine rings is 1. The second-order valence-electron chi connectivity index (χ2n) is 8.01. The molecule has 0 unspecified atom stereocenters. The summed E-state index contributed by atoms with van der Waals surface area (Å²) < 4.78 is 19.4. The fraction of sp³-hybridized carbons (Fsp3) is 0.364. The summed E-state index contributed by atoms with van der Waals surface area (Å²) in [5, 5.41) is 6.28. The maximum atomic E-state index is 14.0. The van der Waals surface area contributed by atoms with Crippen LogP contribution in [0.2, 0.25) is 0 Å². The van der Waals surface area contributed by atoms with E-state index < -0.39 is 0 Å². The minimum Gasteiger partial charge on any atom is -0.444 e. The van der Waals surface area contributed by atoms with Crippen LogP contribution in [0.4, 0.5) is 21.0 Å². The number of benzene rings is 1. The Morgan fingerprint density at radius 3 is 2.97 bits per heavy atom. The average molecular weight is 422 g/mol. The summed E-state index contributed by atoms with van der Waals surface area (Å²) in [6.45, 7) is 0.557. The molecule has 2 N–H and O–H groups in total. The number of alkyl carbamates (subject to hydrolysis) is 1. The molecule has 8 nitrogen and oxygen atoms in total. The second-order valence-corrected chi connectivity index (χ2v) is 8.01.